The van der Waals surface area contributed by atoms with Gasteiger partial charge in [-0.15, -0.1) is 0 Å². The van der Waals surface area contributed by atoms with Gasteiger partial charge in [-0.3, -0.25) is 9.88 Å². The summed E-state index contributed by atoms with van der Waals surface area (Å²) in [4.78, 5) is 9.15. The van der Waals surface area contributed by atoms with Crippen molar-refractivity contribution in [2.24, 2.45) is 0 Å². The molecule has 80 valence electrons. The van der Waals surface area contributed by atoms with E-state index in [0.717, 1.165) is 0 Å². The van der Waals surface area contributed by atoms with Gasteiger partial charge in [-0.05, 0) is 32.0 Å². The Morgan fingerprint density at radius 3 is 2.73 bits per heavy atom. The average molecular weight is 203 g/mol. The third-order valence-electron chi connectivity index (χ3n) is 4.07. The summed E-state index contributed by atoms with van der Waals surface area (Å²) in [5.74, 6) is 0. The summed E-state index contributed by atoms with van der Waals surface area (Å²) in [5.41, 5.74) is 1.75. The SMILES string of the molecule is CN1CC[C@@]12CCN(c1cccnc1)C2. The number of likely N-dealkylation sites (N-methyl/N-ethyl adjacent to an activating group) is 1. The first kappa shape index (κ1) is 9.16. The van der Waals surface area contributed by atoms with Crippen molar-refractivity contribution < 1.29 is 0 Å². The third kappa shape index (κ3) is 1.34. The van der Waals surface area contributed by atoms with Crippen LogP contribution in [0, 0.1) is 0 Å². The van der Waals surface area contributed by atoms with Crippen LogP contribution in [0.25, 0.3) is 0 Å². The molecule has 1 atom stereocenters. The first-order valence-corrected chi connectivity index (χ1v) is 5.66. The molecule has 3 nitrogen and oxygen atoms in total. The molecule has 0 aliphatic carbocycles. The Bertz CT molecular complexity index is 351. The van der Waals surface area contributed by atoms with Crippen molar-refractivity contribution >= 4 is 5.69 Å². The van der Waals surface area contributed by atoms with Crippen LogP contribution < -0.4 is 4.90 Å². The quantitative estimate of drug-likeness (QED) is 0.687. The van der Waals surface area contributed by atoms with Gasteiger partial charge in [0.1, 0.15) is 0 Å². The number of hydrogen-bond donors (Lipinski definition) is 0. The van der Waals surface area contributed by atoms with Gasteiger partial charge in [-0.25, -0.2) is 0 Å². The second-order valence-corrected chi connectivity index (χ2v) is 4.78. The van der Waals surface area contributed by atoms with Crippen LogP contribution in [0.1, 0.15) is 12.8 Å². The molecule has 2 saturated heterocycles. The maximum atomic E-state index is 4.18. The summed E-state index contributed by atoms with van der Waals surface area (Å²) in [6.07, 6.45) is 6.47. The van der Waals surface area contributed by atoms with Gasteiger partial charge in [-0.1, -0.05) is 0 Å². The van der Waals surface area contributed by atoms with E-state index in [1.165, 1.54) is 38.2 Å². The molecule has 3 heteroatoms. The molecule has 0 radical (unpaired) electrons. The molecule has 0 bridgehead atoms. The molecule has 15 heavy (non-hydrogen) atoms. The maximum Gasteiger partial charge on any atom is 0.0553 e. The predicted octanol–water partition coefficient (Wildman–Crippen LogP) is 1.37. The van der Waals surface area contributed by atoms with Crippen LogP contribution in [-0.2, 0) is 0 Å². The first-order chi connectivity index (χ1) is 7.30. The minimum absolute atomic E-state index is 0.482. The molecule has 0 N–H and O–H groups in total. The number of rotatable bonds is 1. The van der Waals surface area contributed by atoms with Crippen molar-refractivity contribution in [2.75, 3.05) is 31.6 Å². The van der Waals surface area contributed by atoms with Gasteiger partial charge < -0.3 is 4.90 Å². The zero-order chi connectivity index (χ0) is 10.3. The molecule has 3 rings (SSSR count). The van der Waals surface area contributed by atoms with Gasteiger partial charge in [0.25, 0.3) is 0 Å². The van der Waals surface area contributed by atoms with Crippen LogP contribution in [0.2, 0.25) is 0 Å². The van der Waals surface area contributed by atoms with E-state index in [1.807, 2.05) is 18.5 Å². The van der Waals surface area contributed by atoms with E-state index in [0.29, 0.717) is 5.54 Å². The second kappa shape index (κ2) is 3.20. The Morgan fingerprint density at radius 1 is 1.33 bits per heavy atom. The van der Waals surface area contributed by atoms with Gasteiger partial charge in [0.05, 0.1) is 11.9 Å². The highest BCUT2D eigenvalue weighted by atomic mass is 15.3. The van der Waals surface area contributed by atoms with Gasteiger partial charge in [0, 0.05) is 31.4 Å². The van der Waals surface area contributed by atoms with E-state index in [9.17, 15) is 0 Å². The zero-order valence-corrected chi connectivity index (χ0v) is 9.19. The molecule has 1 aromatic rings. The van der Waals surface area contributed by atoms with E-state index >= 15 is 0 Å². The van der Waals surface area contributed by atoms with E-state index < -0.39 is 0 Å². The maximum absolute atomic E-state index is 4.18. The molecule has 0 amide bonds. The number of nitrogens with zero attached hydrogens (tertiary/aromatic N) is 3. The van der Waals surface area contributed by atoms with Gasteiger partial charge in [0.2, 0.25) is 0 Å². The summed E-state index contributed by atoms with van der Waals surface area (Å²) >= 11 is 0. The number of pyridine rings is 1. The Hall–Kier alpha value is -1.09. The molecular formula is C12H17N3. The molecule has 0 unspecified atom stereocenters. The number of hydrogen-bond acceptors (Lipinski definition) is 3. The van der Waals surface area contributed by atoms with Crippen LogP contribution in [0.15, 0.2) is 24.5 Å². The second-order valence-electron chi connectivity index (χ2n) is 4.78. The Kier molecular flexibility index (Phi) is 1.96. The van der Waals surface area contributed by atoms with Gasteiger partial charge in [0.15, 0.2) is 0 Å². The lowest BCUT2D eigenvalue weighted by molar-refractivity contribution is 0.0307. The van der Waals surface area contributed by atoms with Crippen molar-refractivity contribution in [3.05, 3.63) is 24.5 Å². The normalized spacial score (nSPS) is 30.9. The minimum atomic E-state index is 0.482. The number of likely N-dealkylation sites (tertiary alicyclic amines) is 1. The predicted molar refractivity (Wildman–Crippen MR) is 61.0 cm³/mol. The van der Waals surface area contributed by atoms with Crippen LogP contribution in [0.3, 0.4) is 0 Å². The van der Waals surface area contributed by atoms with Crippen molar-refractivity contribution in [2.45, 2.75) is 18.4 Å². The van der Waals surface area contributed by atoms with E-state index in [1.54, 1.807) is 0 Å². The van der Waals surface area contributed by atoms with Crippen molar-refractivity contribution in [1.82, 2.24) is 9.88 Å². The summed E-state index contributed by atoms with van der Waals surface area (Å²) in [7, 11) is 2.25. The van der Waals surface area contributed by atoms with E-state index in [2.05, 4.69) is 27.9 Å². The third-order valence-corrected chi connectivity index (χ3v) is 4.07. The van der Waals surface area contributed by atoms with Crippen molar-refractivity contribution in [1.29, 1.82) is 0 Å². The lowest BCUT2D eigenvalue weighted by Crippen LogP contribution is -2.59. The Morgan fingerprint density at radius 2 is 2.20 bits per heavy atom. The summed E-state index contributed by atoms with van der Waals surface area (Å²) in [6.45, 7) is 3.62. The average Bonchev–Trinajstić information content (AvgIpc) is 2.76. The van der Waals surface area contributed by atoms with Crippen LogP contribution in [0.4, 0.5) is 5.69 Å². The topological polar surface area (TPSA) is 19.4 Å². The number of aromatic nitrogens is 1. The van der Waals surface area contributed by atoms with Gasteiger partial charge >= 0.3 is 0 Å². The number of anilines is 1. The Labute approximate surface area is 90.7 Å². The van der Waals surface area contributed by atoms with Crippen LogP contribution in [-0.4, -0.2) is 42.1 Å². The molecule has 1 spiro atoms. The van der Waals surface area contributed by atoms with Crippen LogP contribution >= 0.6 is 0 Å². The largest absolute Gasteiger partial charge is 0.368 e. The summed E-state index contributed by atoms with van der Waals surface area (Å²) in [5, 5.41) is 0. The highest BCUT2D eigenvalue weighted by Crippen LogP contribution is 2.38. The van der Waals surface area contributed by atoms with Crippen LogP contribution in [0.5, 0.6) is 0 Å². The lowest BCUT2D eigenvalue weighted by atomic mass is 9.85. The zero-order valence-electron chi connectivity index (χ0n) is 9.19. The standard InChI is InChI=1S/C12H17N3/c1-14-7-4-12(14)5-8-15(10-12)11-3-2-6-13-9-11/h2-3,6,9H,4-5,7-8,10H2,1H3/t12-/m0/s1. The molecule has 2 fully saturated rings. The molecular weight excluding hydrogens is 186 g/mol. The van der Waals surface area contributed by atoms with Gasteiger partial charge in [-0.2, -0.15) is 0 Å². The fraction of sp³-hybridized carbons (Fsp3) is 0.583. The summed E-state index contributed by atoms with van der Waals surface area (Å²) < 4.78 is 0. The highest BCUT2D eigenvalue weighted by Gasteiger charge is 2.47. The van der Waals surface area contributed by atoms with E-state index in [4.69, 9.17) is 0 Å². The highest BCUT2D eigenvalue weighted by molar-refractivity contribution is 5.46. The fourth-order valence-corrected chi connectivity index (χ4v) is 2.78. The molecule has 3 heterocycles. The van der Waals surface area contributed by atoms with Crippen molar-refractivity contribution in [3.63, 3.8) is 0 Å². The molecule has 2 aliphatic heterocycles. The fourth-order valence-electron chi connectivity index (χ4n) is 2.78. The molecule has 0 saturated carbocycles. The molecule has 2 aliphatic rings. The molecule has 0 aromatic carbocycles. The monoisotopic (exact) mass is 203 g/mol. The van der Waals surface area contributed by atoms with Crippen molar-refractivity contribution in [3.8, 4) is 0 Å². The summed E-state index contributed by atoms with van der Waals surface area (Å²) in [6, 6.07) is 4.18. The Balaban J connectivity index is 1.77. The molecule has 1 aromatic heterocycles. The first-order valence-electron chi connectivity index (χ1n) is 5.66. The minimum Gasteiger partial charge on any atom is -0.368 e. The van der Waals surface area contributed by atoms with E-state index in [-0.39, 0.29) is 0 Å². The smallest absolute Gasteiger partial charge is 0.0553 e. The lowest BCUT2D eigenvalue weighted by Gasteiger charge is -2.48.